The highest BCUT2D eigenvalue weighted by Crippen LogP contribution is 2.24. The molecule has 0 aromatic heterocycles. The van der Waals surface area contributed by atoms with Crippen molar-refractivity contribution in [2.75, 3.05) is 13.7 Å². The van der Waals surface area contributed by atoms with Gasteiger partial charge in [-0.3, -0.25) is 0 Å². The monoisotopic (exact) mass is 242 g/mol. The van der Waals surface area contributed by atoms with Gasteiger partial charge in [-0.1, -0.05) is 49.0 Å². The predicted molar refractivity (Wildman–Crippen MR) is 72.7 cm³/mol. The maximum Gasteiger partial charge on any atom is 0.131 e. The number of rotatable bonds is 4. The van der Waals surface area contributed by atoms with Crippen LogP contribution in [0, 0.1) is 5.82 Å². The maximum absolute atomic E-state index is 13.6. The number of ether oxygens (including phenoxy) is 1. The van der Waals surface area contributed by atoms with Crippen LogP contribution < -0.4 is 0 Å². The van der Waals surface area contributed by atoms with E-state index in [2.05, 4.69) is 6.58 Å². The Morgan fingerprint density at radius 1 is 1.11 bits per heavy atom. The molecule has 0 bridgehead atoms. The second kappa shape index (κ2) is 5.61. The molecule has 2 rings (SSSR count). The quantitative estimate of drug-likeness (QED) is 0.782. The molecule has 0 saturated carbocycles. The minimum atomic E-state index is -0.207. The fourth-order valence-corrected chi connectivity index (χ4v) is 1.84. The summed E-state index contributed by atoms with van der Waals surface area (Å²) in [5, 5.41) is 0. The fourth-order valence-electron chi connectivity index (χ4n) is 1.84. The van der Waals surface area contributed by atoms with Crippen LogP contribution in [-0.4, -0.2) is 13.7 Å². The van der Waals surface area contributed by atoms with Crippen molar-refractivity contribution in [2.45, 2.75) is 0 Å². The summed E-state index contributed by atoms with van der Waals surface area (Å²) < 4.78 is 18.7. The van der Waals surface area contributed by atoms with Crippen LogP contribution in [-0.2, 0) is 4.74 Å². The molecule has 0 saturated heterocycles. The van der Waals surface area contributed by atoms with Gasteiger partial charge in [-0.15, -0.1) is 0 Å². The van der Waals surface area contributed by atoms with E-state index in [1.165, 1.54) is 6.07 Å². The van der Waals surface area contributed by atoms with Gasteiger partial charge in [0.05, 0.1) is 6.61 Å². The first-order chi connectivity index (χ1) is 8.72. The Hall–Kier alpha value is -1.93. The van der Waals surface area contributed by atoms with E-state index in [1.807, 2.05) is 30.3 Å². The van der Waals surface area contributed by atoms with Gasteiger partial charge < -0.3 is 4.74 Å². The first kappa shape index (κ1) is 12.5. The first-order valence-corrected chi connectivity index (χ1v) is 5.74. The zero-order valence-corrected chi connectivity index (χ0v) is 10.3. The van der Waals surface area contributed by atoms with Crippen molar-refractivity contribution < 1.29 is 9.13 Å². The molecule has 0 aliphatic heterocycles. The van der Waals surface area contributed by atoms with Crippen molar-refractivity contribution >= 4 is 5.57 Å². The van der Waals surface area contributed by atoms with E-state index in [0.29, 0.717) is 12.2 Å². The van der Waals surface area contributed by atoms with Gasteiger partial charge in [0, 0.05) is 12.7 Å². The van der Waals surface area contributed by atoms with Crippen molar-refractivity contribution in [1.29, 1.82) is 0 Å². The summed E-state index contributed by atoms with van der Waals surface area (Å²) in [5.41, 5.74) is 3.40. The van der Waals surface area contributed by atoms with Crippen LogP contribution in [0.4, 0.5) is 4.39 Å². The van der Waals surface area contributed by atoms with E-state index in [9.17, 15) is 4.39 Å². The number of halogens is 1. The molecule has 0 heterocycles. The summed E-state index contributed by atoms with van der Waals surface area (Å²) in [4.78, 5) is 0. The number of hydrogen-bond acceptors (Lipinski definition) is 1. The molecular weight excluding hydrogens is 227 g/mol. The smallest absolute Gasteiger partial charge is 0.131 e. The normalized spacial score (nSPS) is 10.3. The molecule has 0 unspecified atom stereocenters. The molecule has 0 radical (unpaired) electrons. The van der Waals surface area contributed by atoms with Gasteiger partial charge in [-0.05, 0) is 22.8 Å². The SMILES string of the molecule is C=C(COC)c1ccc(-c2ccccc2F)cc1. The molecular formula is C16H15FO. The first-order valence-electron chi connectivity index (χ1n) is 5.74. The Morgan fingerprint density at radius 2 is 1.78 bits per heavy atom. The van der Waals surface area contributed by atoms with Gasteiger partial charge in [0.15, 0.2) is 0 Å². The van der Waals surface area contributed by atoms with Crippen molar-refractivity contribution in [3.8, 4) is 11.1 Å². The summed E-state index contributed by atoms with van der Waals surface area (Å²) in [6, 6.07) is 14.4. The van der Waals surface area contributed by atoms with Gasteiger partial charge >= 0.3 is 0 Å². The van der Waals surface area contributed by atoms with E-state index in [1.54, 1.807) is 19.2 Å². The molecule has 0 N–H and O–H groups in total. The lowest BCUT2D eigenvalue weighted by atomic mass is 10.0. The minimum Gasteiger partial charge on any atom is -0.380 e. The Balaban J connectivity index is 2.28. The predicted octanol–water partition coefficient (Wildman–Crippen LogP) is 4.15. The average molecular weight is 242 g/mol. The minimum absolute atomic E-state index is 0.207. The van der Waals surface area contributed by atoms with Crippen LogP contribution in [0.1, 0.15) is 5.56 Å². The topological polar surface area (TPSA) is 9.23 Å². The van der Waals surface area contributed by atoms with Crippen LogP contribution in [0.5, 0.6) is 0 Å². The lowest BCUT2D eigenvalue weighted by molar-refractivity contribution is 0.240. The molecule has 0 spiro atoms. The zero-order chi connectivity index (χ0) is 13.0. The summed E-state index contributed by atoms with van der Waals surface area (Å²) in [5.74, 6) is -0.207. The van der Waals surface area contributed by atoms with Crippen LogP contribution in [0.15, 0.2) is 55.1 Å². The largest absolute Gasteiger partial charge is 0.380 e. The molecule has 0 atom stereocenters. The Labute approximate surface area is 107 Å². The molecule has 2 heteroatoms. The Kier molecular flexibility index (Phi) is 3.90. The third kappa shape index (κ3) is 2.66. The zero-order valence-electron chi connectivity index (χ0n) is 10.3. The molecule has 2 aromatic rings. The summed E-state index contributed by atoms with van der Waals surface area (Å²) in [6.45, 7) is 4.43. The third-order valence-electron chi connectivity index (χ3n) is 2.80. The molecule has 0 aliphatic rings. The standard InChI is InChI=1S/C16H15FO/c1-12(11-18-2)13-7-9-14(10-8-13)15-5-3-4-6-16(15)17/h3-10H,1,11H2,2H3. The molecule has 18 heavy (non-hydrogen) atoms. The highest BCUT2D eigenvalue weighted by molar-refractivity contribution is 5.70. The van der Waals surface area contributed by atoms with Crippen LogP contribution in [0.25, 0.3) is 16.7 Å². The van der Waals surface area contributed by atoms with Gasteiger partial charge in [0.1, 0.15) is 5.82 Å². The van der Waals surface area contributed by atoms with E-state index >= 15 is 0 Å². The van der Waals surface area contributed by atoms with Crippen molar-refractivity contribution in [3.05, 3.63) is 66.5 Å². The molecule has 0 amide bonds. The number of methoxy groups -OCH3 is 1. The molecule has 92 valence electrons. The number of benzene rings is 2. The Bertz CT molecular complexity index is 543. The van der Waals surface area contributed by atoms with Gasteiger partial charge in [-0.25, -0.2) is 4.39 Å². The van der Waals surface area contributed by atoms with Gasteiger partial charge in [-0.2, -0.15) is 0 Å². The lowest BCUT2D eigenvalue weighted by Gasteiger charge is -2.07. The highest BCUT2D eigenvalue weighted by atomic mass is 19.1. The maximum atomic E-state index is 13.6. The third-order valence-corrected chi connectivity index (χ3v) is 2.80. The Morgan fingerprint density at radius 3 is 2.39 bits per heavy atom. The lowest BCUT2D eigenvalue weighted by Crippen LogP contribution is -1.92. The van der Waals surface area contributed by atoms with E-state index in [-0.39, 0.29) is 5.82 Å². The van der Waals surface area contributed by atoms with Crippen molar-refractivity contribution in [2.24, 2.45) is 0 Å². The second-order valence-electron chi connectivity index (χ2n) is 4.09. The average Bonchev–Trinajstić information content (AvgIpc) is 2.40. The van der Waals surface area contributed by atoms with Crippen LogP contribution >= 0.6 is 0 Å². The van der Waals surface area contributed by atoms with Crippen LogP contribution in [0.2, 0.25) is 0 Å². The summed E-state index contributed by atoms with van der Waals surface area (Å²) >= 11 is 0. The van der Waals surface area contributed by atoms with E-state index in [4.69, 9.17) is 4.74 Å². The fraction of sp³-hybridized carbons (Fsp3) is 0.125. The molecule has 0 aliphatic carbocycles. The summed E-state index contributed by atoms with van der Waals surface area (Å²) in [7, 11) is 1.64. The summed E-state index contributed by atoms with van der Waals surface area (Å²) in [6.07, 6.45) is 0. The molecule has 0 fully saturated rings. The number of hydrogen-bond donors (Lipinski definition) is 0. The van der Waals surface area contributed by atoms with Crippen molar-refractivity contribution in [3.63, 3.8) is 0 Å². The molecule has 1 nitrogen and oxygen atoms in total. The molecule has 2 aromatic carbocycles. The second-order valence-corrected chi connectivity index (χ2v) is 4.09. The van der Waals surface area contributed by atoms with Crippen molar-refractivity contribution in [1.82, 2.24) is 0 Å². The van der Waals surface area contributed by atoms with Gasteiger partial charge in [0.2, 0.25) is 0 Å². The van der Waals surface area contributed by atoms with Gasteiger partial charge in [0.25, 0.3) is 0 Å². The van der Waals surface area contributed by atoms with E-state index in [0.717, 1.165) is 16.7 Å². The highest BCUT2D eigenvalue weighted by Gasteiger charge is 2.04. The van der Waals surface area contributed by atoms with Crippen LogP contribution in [0.3, 0.4) is 0 Å². The van der Waals surface area contributed by atoms with E-state index < -0.39 is 0 Å².